The molecule has 0 bridgehead atoms. The minimum atomic E-state index is 0.659. The molecule has 74 valence electrons. The smallest absolute Gasteiger partial charge is 0.0582 e. The molecule has 0 aliphatic rings. The van der Waals surface area contributed by atoms with Gasteiger partial charge in [-0.25, -0.2) is 0 Å². The Morgan fingerprint density at radius 2 is 2.20 bits per heavy atom. The predicted molar refractivity (Wildman–Crippen MR) is 64.3 cm³/mol. The summed E-state index contributed by atoms with van der Waals surface area (Å²) in [6.07, 6.45) is 7.10. The molecule has 0 amide bonds. The summed E-state index contributed by atoms with van der Waals surface area (Å²) >= 11 is 0. The first kappa shape index (κ1) is 11.1. The van der Waals surface area contributed by atoms with Crippen LogP contribution in [0.4, 0.5) is 0 Å². The first-order valence-corrected chi connectivity index (χ1v) is 4.74. The van der Waals surface area contributed by atoms with Crippen LogP contribution in [-0.4, -0.2) is 13.1 Å². The summed E-state index contributed by atoms with van der Waals surface area (Å²) in [5.74, 6) is 8.63. The summed E-state index contributed by atoms with van der Waals surface area (Å²) in [5.41, 5.74) is 1.81. The highest BCUT2D eigenvalue weighted by atomic mass is 14.8. The van der Waals surface area contributed by atoms with Crippen LogP contribution in [0.15, 0.2) is 36.9 Å². The molecule has 0 saturated heterocycles. The van der Waals surface area contributed by atoms with Crippen LogP contribution in [0.1, 0.15) is 11.1 Å². The van der Waals surface area contributed by atoms with Gasteiger partial charge in [0, 0.05) is 17.7 Å². The quantitative estimate of drug-likeness (QED) is 0.440. The predicted octanol–water partition coefficient (Wildman–Crippen LogP) is 1.79. The maximum Gasteiger partial charge on any atom is 0.0582 e. The molecule has 1 N–H and O–H groups in total. The number of benzene rings is 1. The molecule has 1 nitrogen and oxygen atoms in total. The SMILES string of the molecule is C#Cc1cccc(C#CCNCC=C)c1. The van der Waals surface area contributed by atoms with Crippen molar-refractivity contribution in [2.75, 3.05) is 13.1 Å². The number of terminal acetylenes is 1. The van der Waals surface area contributed by atoms with Gasteiger partial charge in [0.2, 0.25) is 0 Å². The fourth-order valence-corrected chi connectivity index (χ4v) is 1.07. The Labute approximate surface area is 91.2 Å². The molecule has 15 heavy (non-hydrogen) atoms. The van der Waals surface area contributed by atoms with Gasteiger partial charge in [0.05, 0.1) is 6.54 Å². The minimum Gasteiger partial charge on any atom is -0.303 e. The average Bonchev–Trinajstić information content (AvgIpc) is 2.29. The van der Waals surface area contributed by atoms with Crippen molar-refractivity contribution in [1.82, 2.24) is 5.32 Å². The van der Waals surface area contributed by atoms with Crippen molar-refractivity contribution in [1.29, 1.82) is 0 Å². The molecule has 1 aromatic rings. The Morgan fingerprint density at radius 3 is 2.93 bits per heavy atom. The van der Waals surface area contributed by atoms with Crippen LogP contribution in [0.2, 0.25) is 0 Å². The van der Waals surface area contributed by atoms with Crippen LogP contribution in [-0.2, 0) is 0 Å². The second-order valence-corrected chi connectivity index (χ2v) is 2.95. The first-order valence-electron chi connectivity index (χ1n) is 4.74. The maximum absolute atomic E-state index is 5.29. The van der Waals surface area contributed by atoms with Gasteiger partial charge in [0.15, 0.2) is 0 Å². The molecular formula is C14H13N. The molecule has 0 aliphatic carbocycles. The maximum atomic E-state index is 5.29. The zero-order chi connectivity index (χ0) is 10.9. The molecule has 0 spiro atoms. The monoisotopic (exact) mass is 195 g/mol. The van der Waals surface area contributed by atoms with Crippen molar-refractivity contribution in [2.45, 2.75) is 0 Å². The molecule has 0 unspecified atom stereocenters. The van der Waals surface area contributed by atoms with E-state index in [2.05, 4.69) is 29.7 Å². The topological polar surface area (TPSA) is 12.0 Å². The van der Waals surface area contributed by atoms with E-state index in [9.17, 15) is 0 Å². The Bertz CT molecular complexity index is 427. The van der Waals surface area contributed by atoms with Gasteiger partial charge in [0.25, 0.3) is 0 Å². The van der Waals surface area contributed by atoms with E-state index in [0.717, 1.165) is 17.7 Å². The Balaban J connectivity index is 2.56. The third kappa shape index (κ3) is 4.18. The van der Waals surface area contributed by atoms with Crippen molar-refractivity contribution >= 4 is 0 Å². The lowest BCUT2D eigenvalue weighted by atomic mass is 10.1. The van der Waals surface area contributed by atoms with Gasteiger partial charge in [-0.05, 0) is 18.2 Å². The molecule has 0 atom stereocenters. The minimum absolute atomic E-state index is 0.659. The molecule has 0 aliphatic heterocycles. The van der Waals surface area contributed by atoms with E-state index >= 15 is 0 Å². The van der Waals surface area contributed by atoms with Gasteiger partial charge in [-0.1, -0.05) is 29.9 Å². The van der Waals surface area contributed by atoms with Crippen molar-refractivity contribution in [3.05, 3.63) is 48.0 Å². The second-order valence-electron chi connectivity index (χ2n) is 2.95. The summed E-state index contributed by atoms with van der Waals surface area (Å²) in [7, 11) is 0. The Morgan fingerprint density at radius 1 is 1.40 bits per heavy atom. The standard InChI is InChI=1S/C14H13N/c1-3-10-15-11-6-9-14-8-5-7-13(4-2)12-14/h2-3,5,7-8,12,15H,1,10-11H2. The van der Waals surface area contributed by atoms with E-state index < -0.39 is 0 Å². The van der Waals surface area contributed by atoms with E-state index in [0.29, 0.717) is 6.54 Å². The molecule has 0 fully saturated rings. The van der Waals surface area contributed by atoms with Gasteiger partial charge in [-0.2, -0.15) is 0 Å². The van der Waals surface area contributed by atoms with E-state index in [1.807, 2.05) is 24.3 Å². The van der Waals surface area contributed by atoms with E-state index in [-0.39, 0.29) is 0 Å². The van der Waals surface area contributed by atoms with Crippen LogP contribution < -0.4 is 5.32 Å². The highest BCUT2D eigenvalue weighted by molar-refractivity contribution is 5.42. The van der Waals surface area contributed by atoms with Gasteiger partial charge in [-0.15, -0.1) is 13.0 Å². The normalized spacial score (nSPS) is 8.47. The second kappa shape index (κ2) is 6.49. The summed E-state index contributed by atoms with van der Waals surface area (Å²) < 4.78 is 0. The molecule has 1 heteroatoms. The molecular weight excluding hydrogens is 182 g/mol. The lowest BCUT2D eigenvalue weighted by molar-refractivity contribution is 0.858. The number of rotatable bonds is 3. The zero-order valence-corrected chi connectivity index (χ0v) is 8.59. The van der Waals surface area contributed by atoms with E-state index in [1.165, 1.54) is 0 Å². The van der Waals surface area contributed by atoms with Gasteiger partial charge < -0.3 is 5.32 Å². The number of nitrogens with one attached hydrogen (secondary N) is 1. The number of hydrogen-bond acceptors (Lipinski definition) is 1. The van der Waals surface area contributed by atoms with Crippen LogP contribution in [0, 0.1) is 24.2 Å². The largest absolute Gasteiger partial charge is 0.303 e. The lowest BCUT2D eigenvalue weighted by Crippen LogP contribution is -2.12. The highest BCUT2D eigenvalue weighted by Gasteiger charge is 1.88. The van der Waals surface area contributed by atoms with Crippen molar-refractivity contribution in [2.24, 2.45) is 0 Å². The van der Waals surface area contributed by atoms with Crippen molar-refractivity contribution in [3.8, 4) is 24.2 Å². The van der Waals surface area contributed by atoms with Gasteiger partial charge in [0.1, 0.15) is 0 Å². The summed E-state index contributed by atoms with van der Waals surface area (Å²) in [4.78, 5) is 0. The third-order valence-corrected chi connectivity index (χ3v) is 1.76. The first-order chi connectivity index (χ1) is 7.36. The van der Waals surface area contributed by atoms with Crippen molar-refractivity contribution in [3.63, 3.8) is 0 Å². The fraction of sp³-hybridized carbons (Fsp3) is 0.143. The van der Waals surface area contributed by atoms with E-state index in [1.54, 1.807) is 6.08 Å². The molecule has 0 aromatic heterocycles. The molecule has 0 heterocycles. The molecule has 1 aromatic carbocycles. The third-order valence-electron chi connectivity index (χ3n) is 1.76. The summed E-state index contributed by atoms with van der Waals surface area (Å²) in [6.45, 7) is 5.04. The van der Waals surface area contributed by atoms with Crippen molar-refractivity contribution < 1.29 is 0 Å². The van der Waals surface area contributed by atoms with Crippen LogP contribution in [0.5, 0.6) is 0 Å². The van der Waals surface area contributed by atoms with Crippen LogP contribution >= 0.6 is 0 Å². The van der Waals surface area contributed by atoms with Crippen LogP contribution in [0.3, 0.4) is 0 Å². The Kier molecular flexibility index (Phi) is 4.81. The zero-order valence-electron chi connectivity index (χ0n) is 8.59. The van der Waals surface area contributed by atoms with Gasteiger partial charge in [-0.3, -0.25) is 0 Å². The Hall–Kier alpha value is -1.96. The lowest BCUT2D eigenvalue weighted by Gasteiger charge is -1.93. The van der Waals surface area contributed by atoms with Crippen LogP contribution in [0.25, 0.3) is 0 Å². The highest BCUT2D eigenvalue weighted by Crippen LogP contribution is 2.01. The average molecular weight is 195 g/mol. The summed E-state index contributed by atoms with van der Waals surface area (Å²) in [5, 5.41) is 3.10. The fourth-order valence-electron chi connectivity index (χ4n) is 1.07. The van der Waals surface area contributed by atoms with E-state index in [4.69, 9.17) is 6.42 Å². The molecule has 0 radical (unpaired) electrons. The van der Waals surface area contributed by atoms with Gasteiger partial charge >= 0.3 is 0 Å². The molecule has 0 saturated carbocycles. The summed E-state index contributed by atoms with van der Waals surface area (Å²) in [6, 6.07) is 7.65. The molecule has 1 rings (SSSR count). The number of hydrogen-bond donors (Lipinski definition) is 1.